The molecule has 3 heteroatoms. The van der Waals surface area contributed by atoms with Gasteiger partial charge < -0.3 is 14.8 Å². The molecular weight excluding hydrogens is 286 g/mol. The molecule has 3 nitrogen and oxygen atoms in total. The first-order chi connectivity index (χ1) is 11.4. The van der Waals surface area contributed by atoms with Gasteiger partial charge in [-0.3, -0.25) is 0 Å². The molecule has 1 aliphatic rings. The first kappa shape index (κ1) is 15.9. The molecule has 1 unspecified atom stereocenters. The number of ether oxygens (including phenoxy) is 2. The van der Waals surface area contributed by atoms with Crippen LogP contribution in [0, 0.1) is 5.92 Å². The predicted molar refractivity (Wildman–Crippen MR) is 93.0 cm³/mol. The van der Waals surface area contributed by atoms with Gasteiger partial charge in [0.15, 0.2) is 11.5 Å². The van der Waals surface area contributed by atoms with Crippen molar-refractivity contribution in [2.75, 3.05) is 19.7 Å². The van der Waals surface area contributed by atoms with Crippen LogP contribution in [0.25, 0.3) is 0 Å². The van der Waals surface area contributed by atoms with Crippen molar-refractivity contribution >= 4 is 0 Å². The maximum Gasteiger partial charge on any atom is 0.162 e. The molecule has 1 atom stereocenters. The molecule has 0 saturated carbocycles. The highest BCUT2D eigenvalue weighted by molar-refractivity contribution is 5.40. The van der Waals surface area contributed by atoms with Gasteiger partial charge in [0.05, 0.1) is 6.61 Å². The van der Waals surface area contributed by atoms with Crippen molar-refractivity contribution in [1.29, 1.82) is 0 Å². The monoisotopic (exact) mass is 311 g/mol. The number of nitrogens with one attached hydrogen (secondary N) is 1. The summed E-state index contributed by atoms with van der Waals surface area (Å²) in [5.41, 5.74) is 1.24. The van der Waals surface area contributed by atoms with Gasteiger partial charge in [0.1, 0.15) is 6.10 Å². The van der Waals surface area contributed by atoms with Crippen molar-refractivity contribution in [2.24, 2.45) is 5.92 Å². The molecule has 0 aliphatic carbocycles. The molecule has 1 N–H and O–H groups in total. The summed E-state index contributed by atoms with van der Waals surface area (Å²) >= 11 is 0. The van der Waals surface area contributed by atoms with Gasteiger partial charge in [0.2, 0.25) is 0 Å². The Kier molecular flexibility index (Phi) is 5.54. The Balaban J connectivity index is 1.86. The molecule has 1 aliphatic heterocycles. The second-order valence-corrected chi connectivity index (χ2v) is 5.92. The highest BCUT2D eigenvalue weighted by Gasteiger charge is 2.27. The molecule has 0 bridgehead atoms. The lowest BCUT2D eigenvalue weighted by Gasteiger charge is -2.32. The maximum absolute atomic E-state index is 6.47. The van der Waals surface area contributed by atoms with Crippen LogP contribution in [-0.4, -0.2) is 19.7 Å². The van der Waals surface area contributed by atoms with Crippen molar-refractivity contribution in [3.63, 3.8) is 0 Å². The summed E-state index contributed by atoms with van der Waals surface area (Å²) in [6.07, 6.45) is 2.34. The van der Waals surface area contributed by atoms with E-state index in [9.17, 15) is 0 Å². The zero-order valence-corrected chi connectivity index (χ0v) is 13.7. The number of hydrogen-bond donors (Lipinski definition) is 1. The number of rotatable bonds is 6. The third-order valence-corrected chi connectivity index (χ3v) is 4.34. The molecule has 1 fully saturated rings. The van der Waals surface area contributed by atoms with Gasteiger partial charge in [-0.05, 0) is 50.6 Å². The first-order valence-electron chi connectivity index (χ1n) is 8.52. The Labute approximate surface area is 138 Å². The summed E-state index contributed by atoms with van der Waals surface area (Å²) in [6, 6.07) is 18.5. The molecule has 0 radical (unpaired) electrons. The Bertz CT molecular complexity index is 594. The highest BCUT2D eigenvalue weighted by Crippen LogP contribution is 2.37. The first-order valence-corrected chi connectivity index (χ1v) is 8.52. The quantitative estimate of drug-likeness (QED) is 0.867. The van der Waals surface area contributed by atoms with Crippen LogP contribution in [0.5, 0.6) is 11.5 Å². The number of hydrogen-bond acceptors (Lipinski definition) is 3. The van der Waals surface area contributed by atoms with Crippen LogP contribution in [-0.2, 0) is 0 Å². The van der Waals surface area contributed by atoms with E-state index in [0.29, 0.717) is 12.5 Å². The Morgan fingerprint density at radius 1 is 0.957 bits per heavy atom. The van der Waals surface area contributed by atoms with Gasteiger partial charge in [0.25, 0.3) is 0 Å². The molecule has 23 heavy (non-hydrogen) atoms. The summed E-state index contributed by atoms with van der Waals surface area (Å²) < 4.78 is 12.2. The van der Waals surface area contributed by atoms with Gasteiger partial charge in [-0.2, -0.15) is 0 Å². The van der Waals surface area contributed by atoms with Crippen LogP contribution in [0.2, 0.25) is 0 Å². The molecule has 0 amide bonds. The number of piperidine rings is 1. The third kappa shape index (κ3) is 4.05. The fourth-order valence-electron chi connectivity index (χ4n) is 3.19. The third-order valence-electron chi connectivity index (χ3n) is 4.34. The average Bonchev–Trinajstić information content (AvgIpc) is 2.63. The zero-order chi connectivity index (χ0) is 15.9. The van der Waals surface area contributed by atoms with Crippen molar-refractivity contribution < 1.29 is 9.47 Å². The topological polar surface area (TPSA) is 30.5 Å². The van der Waals surface area contributed by atoms with E-state index in [4.69, 9.17) is 9.47 Å². The standard InChI is InChI=1S/C20H25NO2/c1-2-22-18-10-6-7-11-19(18)23-20(16-8-4-3-5-9-16)17-12-14-21-15-13-17/h3-11,17,20-21H,2,12-15H2,1H3. The van der Waals surface area contributed by atoms with E-state index < -0.39 is 0 Å². The van der Waals surface area contributed by atoms with E-state index in [1.807, 2.05) is 31.2 Å². The second kappa shape index (κ2) is 8.02. The minimum absolute atomic E-state index is 0.0694. The normalized spacial score (nSPS) is 16.7. The summed E-state index contributed by atoms with van der Waals surface area (Å²) in [5.74, 6) is 2.18. The largest absolute Gasteiger partial charge is 0.490 e. The van der Waals surface area contributed by atoms with E-state index in [2.05, 4.69) is 35.6 Å². The van der Waals surface area contributed by atoms with Crippen LogP contribution in [0.4, 0.5) is 0 Å². The minimum atomic E-state index is 0.0694. The van der Waals surface area contributed by atoms with Gasteiger partial charge in [-0.1, -0.05) is 42.5 Å². The fourth-order valence-corrected chi connectivity index (χ4v) is 3.19. The number of para-hydroxylation sites is 2. The van der Waals surface area contributed by atoms with Crippen LogP contribution in [0.15, 0.2) is 54.6 Å². The second-order valence-electron chi connectivity index (χ2n) is 5.92. The number of benzene rings is 2. The van der Waals surface area contributed by atoms with Crippen LogP contribution < -0.4 is 14.8 Å². The Hall–Kier alpha value is -2.00. The molecule has 0 aromatic heterocycles. The van der Waals surface area contributed by atoms with Crippen molar-refractivity contribution in [1.82, 2.24) is 5.32 Å². The van der Waals surface area contributed by atoms with E-state index >= 15 is 0 Å². The summed E-state index contributed by atoms with van der Waals surface area (Å²) in [4.78, 5) is 0. The predicted octanol–water partition coefficient (Wildman–Crippen LogP) is 4.21. The molecular formula is C20H25NO2. The van der Waals surface area contributed by atoms with Gasteiger partial charge in [-0.15, -0.1) is 0 Å². The maximum atomic E-state index is 6.47. The summed E-state index contributed by atoms with van der Waals surface area (Å²) in [6.45, 7) is 4.76. The lowest BCUT2D eigenvalue weighted by atomic mass is 9.88. The fraction of sp³-hybridized carbons (Fsp3) is 0.400. The molecule has 122 valence electrons. The lowest BCUT2D eigenvalue weighted by molar-refractivity contribution is 0.108. The molecule has 2 aromatic carbocycles. The van der Waals surface area contributed by atoms with Crippen LogP contribution in [0.3, 0.4) is 0 Å². The van der Waals surface area contributed by atoms with Crippen molar-refractivity contribution in [2.45, 2.75) is 25.9 Å². The van der Waals surface area contributed by atoms with Crippen LogP contribution >= 0.6 is 0 Å². The van der Waals surface area contributed by atoms with Gasteiger partial charge in [0, 0.05) is 5.92 Å². The van der Waals surface area contributed by atoms with Gasteiger partial charge in [-0.25, -0.2) is 0 Å². The van der Waals surface area contributed by atoms with E-state index in [0.717, 1.165) is 37.4 Å². The lowest BCUT2D eigenvalue weighted by Crippen LogP contribution is -2.32. The highest BCUT2D eigenvalue weighted by atomic mass is 16.5. The Morgan fingerprint density at radius 2 is 1.61 bits per heavy atom. The SMILES string of the molecule is CCOc1ccccc1OC(c1ccccc1)C1CCNCC1. The van der Waals surface area contributed by atoms with Crippen molar-refractivity contribution in [3.05, 3.63) is 60.2 Å². The van der Waals surface area contributed by atoms with E-state index in [-0.39, 0.29) is 6.10 Å². The molecule has 2 aromatic rings. The molecule has 3 rings (SSSR count). The van der Waals surface area contributed by atoms with E-state index in [1.165, 1.54) is 5.56 Å². The Morgan fingerprint density at radius 3 is 2.30 bits per heavy atom. The van der Waals surface area contributed by atoms with E-state index in [1.54, 1.807) is 0 Å². The molecule has 1 saturated heterocycles. The van der Waals surface area contributed by atoms with Gasteiger partial charge >= 0.3 is 0 Å². The minimum Gasteiger partial charge on any atom is -0.490 e. The van der Waals surface area contributed by atoms with Crippen LogP contribution in [0.1, 0.15) is 31.4 Å². The molecule has 1 heterocycles. The smallest absolute Gasteiger partial charge is 0.162 e. The zero-order valence-electron chi connectivity index (χ0n) is 13.7. The average molecular weight is 311 g/mol. The molecule has 0 spiro atoms. The summed E-state index contributed by atoms with van der Waals surface area (Å²) in [7, 11) is 0. The summed E-state index contributed by atoms with van der Waals surface area (Å²) in [5, 5.41) is 3.44. The van der Waals surface area contributed by atoms with Crippen molar-refractivity contribution in [3.8, 4) is 11.5 Å².